The number of hydrogen-bond donors (Lipinski definition) is 3. The smallest absolute Gasteiger partial charge is 0.407 e. The monoisotopic (exact) mass is 500 g/mol. The molecule has 1 aromatic rings. The van der Waals surface area contributed by atoms with Crippen LogP contribution < -0.4 is 10.6 Å². The molecule has 0 unspecified atom stereocenters. The molecular formula is C29H48N4O3. The highest BCUT2D eigenvalue weighted by molar-refractivity contribution is 5.81. The van der Waals surface area contributed by atoms with E-state index in [2.05, 4.69) is 72.1 Å². The molecule has 2 amide bonds. The Bertz CT molecular complexity index is 835. The Kier molecular flexibility index (Phi) is 26.7. The van der Waals surface area contributed by atoms with E-state index in [1.54, 1.807) is 18.3 Å². The van der Waals surface area contributed by atoms with Crippen LogP contribution in [-0.2, 0) is 16.0 Å². The Morgan fingerprint density at radius 2 is 1.64 bits per heavy atom. The number of nitrogens with zero attached hydrogens (tertiary/aromatic N) is 1. The van der Waals surface area contributed by atoms with Crippen LogP contribution in [-0.4, -0.2) is 42.2 Å². The molecule has 7 nitrogen and oxygen atoms in total. The predicted molar refractivity (Wildman–Crippen MR) is 155 cm³/mol. The van der Waals surface area contributed by atoms with Crippen LogP contribution >= 0.6 is 0 Å². The van der Waals surface area contributed by atoms with Gasteiger partial charge in [-0.25, -0.2) is 9.78 Å². The van der Waals surface area contributed by atoms with E-state index < -0.39 is 6.09 Å². The lowest BCUT2D eigenvalue weighted by Gasteiger charge is -2.05. The number of amides is 2. The number of H-pyrrole nitrogens is 1. The summed E-state index contributed by atoms with van der Waals surface area (Å²) in [5.41, 5.74) is 3.51. The minimum Gasteiger partial charge on any atom is -0.453 e. The van der Waals surface area contributed by atoms with Crippen molar-refractivity contribution in [1.29, 1.82) is 0 Å². The molecule has 0 spiro atoms. The topological polar surface area (TPSA) is 96.1 Å². The van der Waals surface area contributed by atoms with E-state index in [1.165, 1.54) is 13.5 Å². The number of aromatic amines is 1. The van der Waals surface area contributed by atoms with Crippen molar-refractivity contribution in [3.63, 3.8) is 0 Å². The lowest BCUT2D eigenvalue weighted by Crippen LogP contribution is -2.37. The fraction of sp³-hybridized carbons (Fsp3) is 0.414. The molecule has 202 valence electrons. The van der Waals surface area contributed by atoms with Crippen molar-refractivity contribution in [2.45, 2.75) is 60.3 Å². The van der Waals surface area contributed by atoms with Crippen molar-refractivity contribution in [1.82, 2.24) is 20.6 Å². The normalized spacial score (nSPS) is 9.06. The number of aryl methyl sites for hydroxylation is 1. The van der Waals surface area contributed by atoms with Gasteiger partial charge in [0.1, 0.15) is 5.82 Å². The molecule has 0 saturated carbocycles. The molecule has 0 aromatic carbocycles. The molecule has 0 saturated heterocycles. The van der Waals surface area contributed by atoms with Gasteiger partial charge in [0.25, 0.3) is 0 Å². The van der Waals surface area contributed by atoms with Crippen LogP contribution in [0, 0.1) is 0 Å². The summed E-state index contributed by atoms with van der Waals surface area (Å²) >= 11 is 0. The van der Waals surface area contributed by atoms with Gasteiger partial charge >= 0.3 is 6.09 Å². The highest BCUT2D eigenvalue weighted by Crippen LogP contribution is 2.13. The molecule has 3 N–H and O–H groups in total. The van der Waals surface area contributed by atoms with Crippen LogP contribution in [0.5, 0.6) is 0 Å². The second-order valence-corrected chi connectivity index (χ2v) is 7.29. The van der Waals surface area contributed by atoms with Gasteiger partial charge in [-0.1, -0.05) is 96.9 Å². The minimum absolute atomic E-state index is 0.0951. The molecule has 36 heavy (non-hydrogen) atoms. The first-order valence-electron chi connectivity index (χ1n) is 12.2. The van der Waals surface area contributed by atoms with E-state index in [9.17, 15) is 9.59 Å². The Morgan fingerprint density at radius 1 is 1.06 bits per heavy atom. The SMILES string of the molecule is C=CC(=C)/C=C\C(=C)c1cnc(CCCCNC(=O)CNC(=O)OC)[nH]1.C=CC(=C)C.CC.CCC. The first-order chi connectivity index (χ1) is 17.1. The van der Waals surface area contributed by atoms with Crippen molar-refractivity contribution in [3.05, 3.63) is 86.1 Å². The van der Waals surface area contributed by atoms with Gasteiger partial charge in [0, 0.05) is 13.0 Å². The standard InChI is InChI=1S/C19H26N4O3.C5H8.C3H8.C2H6/c1-5-14(2)9-10-15(3)16-12-21-17(23-16)8-6-7-11-20-18(24)13-22-19(25)26-4;1-4-5(2)3;1-3-2;1-2/h5,9-10,12H,1-3,6-8,11,13H2,4H3,(H,20,24)(H,21,23)(H,22,25);4H,1-2H2,3H3;3H2,1-2H3;1-2H3/b10-9-;;;. The fourth-order valence-corrected chi connectivity index (χ4v) is 1.95. The maximum absolute atomic E-state index is 11.5. The highest BCUT2D eigenvalue weighted by atomic mass is 16.5. The number of nitrogens with one attached hydrogen (secondary N) is 3. The van der Waals surface area contributed by atoms with Gasteiger partial charge in [-0.2, -0.15) is 0 Å². The number of unbranched alkanes of at least 4 members (excludes halogenated alkanes) is 1. The quantitative estimate of drug-likeness (QED) is 0.220. The van der Waals surface area contributed by atoms with Crippen LogP contribution in [0.4, 0.5) is 4.79 Å². The number of carbonyl (C=O) groups is 2. The second kappa shape index (κ2) is 26.0. The van der Waals surface area contributed by atoms with Crippen molar-refractivity contribution in [2.75, 3.05) is 20.2 Å². The zero-order valence-corrected chi connectivity index (χ0v) is 23.3. The lowest BCUT2D eigenvalue weighted by molar-refractivity contribution is -0.120. The zero-order chi connectivity index (χ0) is 28.4. The van der Waals surface area contributed by atoms with E-state index in [1.807, 2.05) is 32.9 Å². The summed E-state index contributed by atoms with van der Waals surface area (Å²) in [7, 11) is 1.25. The van der Waals surface area contributed by atoms with Gasteiger partial charge in [-0.3, -0.25) is 4.79 Å². The average molecular weight is 501 g/mol. The number of carbonyl (C=O) groups excluding carboxylic acids is 2. The first-order valence-corrected chi connectivity index (χ1v) is 12.2. The minimum atomic E-state index is -0.626. The Morgan fingerprint density at radius 3 is 2.14 bits per heavy atom. The van der Waals surface area contributed by atoms with Gasteiger partial charge < -0.3 is 20.4 Å². The van der Waals surface area contributed by atoms with Crippen LogP contribution in [0.15, 0.2) is 74.5 Å². The molecule has 0 atom stereocenters. The van der Waals surface area contributed by atoms with Crippen LogP contribution in [0.2, 0.25) is 0 Å². The zero-order valence-electron chi connectivity index (χ0n) is 23.3. The average Bonchev–Trinajstić information content (AvgIpc) is 3.36. The van der Waals surface area contributed by atoms with Crippen LogP contribution in [0.25, 0.3) is 5.57 Å². The molecule has 7 heteroatoms. The number of ether oxygens (including phenoxy) is 1. The predicted octanol–water partition coefficient (Wildman–Crippen LogP) is 6.71. The van der Waals surface area contributed by atoms with Crippen molar-refractivity contribution in [3.8, 4) is 0 Å². The molecular weight excluding hydrogens is 452 g/mol. The summed E-state index contributed by atoms with van der Waals surface area (Å²) in [4.78, 5) is 29.9. The summed E-state index contributed by atoms with van der Waals surface area (Å²) in [6, 6.07) is 0. The maximum atomic E-state index is 11.5. The molecule has 1 aromatic heterocycles. The second-order valence-electron chi connectivity index (χ2n) is 7.29. The van der Waals surface area contributed by atoms with E-state index in [4.69, 9.17) is 0 Å². The summed E-state index contributed by atoms with van der Waals surface area (Å²) < 4.78 is 4.38. The molecule has 0 bridgehead atoms. The number of allylic oxidation sites excluding steroid dienone is 7. The Balaban J connectivity index is -0.000000930. The van der Waals surface area contributed by atoms with Crippen LogP contribution in [0.3, 0.4) is 0 Å². The Labute approximate surface area is 219 Å². The van der Waals surface area contributed by atoms with Crippen molar-refractivity contribution in [2.24, 2.45) is 0 Å². The number of alkyl carbamates (subject to hydrolysis) is 1. The van der Waals surface area contributed by atoms with Gasteiger partial charge in [-0.05, 0) is 30.9 Å². The van der Waals surface area contributed by atoms with Crippen LogP contribution in [0.1, 0.15) is 65.4 Å². The molecule has 1 heterocycles. The lowest BCUT2D eigenvalue weighted by atomic mass is 10.2. The van der Waals surface area contributed by atoms with E-state index in [0.717, 1.165) is 47.5 Å². The fourth-order valence-electron chi connectivity index (χ4n) is 1.95. The van der Waals surface area contributed by atoms with Gasteiger partial charge in [0.15, 0.2) is 0 Å². The summed E-state index contributed by atoms with van der Waals surface area (Å²) in [5.74, 6) is 0.621. The molecule has 0 aliphatic carbocycles. The third-order valence-electron chi connectivity index (χ3n) is 3.82. The number of aromatic nitrogens is 2. The van der Waals surface area contributed by atoms with E-state index in [-0.39, 0.29) is 12.5 Å². The molecule has 0 aliphatic heterocycles. The third kappa shape index (κ3) is 23.5. The molecule has 1 rings (SSSR count). The summed E-state index contributed by atoms with van der Waals surface area (Å²) in [6.45, 7) is 29.1. The van der Waals surface area contributed by atoms with Crippen molar-refractivity contribution >= 4 is 17.6 Å². The Hall–Kier alpha value is -3.61. The van der Waals surface area contributed by atoms with Gasteiger partial charge in [0.2, 0.25) is 5.91 Å². The maximum Gasteiger partial charge on any atom is 0.407 e. The van der Waals surface area contributed by atoms with E-state index >= 15 is 0 Å². The number of methoxy groups -OCH3 is 1. The summed E-state index contributed by atoms with van der Waals surface area (Å²) in [6.07, 6.45) is 11.9. The molecule has 0 radical (unpaired) electrons. The number of rotatable bonds is 12. The first kappa shape index (κ1) is 36.9. The largest absolute Gasteiger partial charge is 0.453 e. The van der Waals surface area contributed by atoms with Crippen molar-refractivity contribution < 1.29 is 14.3 Å². The summed E-state index contributed by atoms with van der Waals surface area (Å²) in [5, 5.41) is 5.05. The van der Waals surface area contributed by atoms with E-state index in [0.29, 0.717) is 6.54 Å². The highest BCUT2D eigenvalue weighted by Gasteiger charge is 2.05. The number of hydrogen-bond acceptors (Lipinski definition) is 4. The third-order valence-corrected chi connectivity index (χ3v) is 3.82. The van der Waals surface area contributed by atoms with Gasteiger partial charge in [-0.15, -0.1) is 0 Å². The van der Waals surface area contributed by atoms with Gasteiger partial charge in [0.05, 0.1) is 25.5 Å². The number of imidazole rings is 1. The molecule has 0 aliphatic rings. The molecule has 0 fully saturated rings.